The molecule has 0 spiro atoms. The van der Waals surface area contributed by atoms with Crippen LogP contribution in [0, 0.1) is 0 Å². The van der Waals surface area contributed by atoms with E-state index in [1.54, 1.807) is 6.92 Å². The molecule has 0 bridgehead atoms. The van der Waals surface area contributed by atoms with Crippen molar-refractivity contribution in [2.24, 2.45) is 0 Å². The largest absolute Gasteiger partial charge is 0.316 e. The first-order valence-corrected chi connectivity index (χ1v) is 5.89. The summed E-state index contributed by atoms with van der Waals surface area (Å²) in [6, 6.07) is 0. The Morgan fingerprint density at radius 1 is 1.54 bits per heavy atom. The summed E-state index contributed by atoms with van der Waals surface area (Å²) in [5.41, 5.74) is 0. The van der Waals surface area contributed by atoms with E-state index in [0.717, 1.165) is 12.7 Å². The normalized spacial score (nSPS) is 20.8. The van der Waals surface area contributed by atoms with E-state index in [1.165, 1.54) is 4.90 Å². The van der Waals surface area contributed by atoms with E-state index in [2.05, 4.69) is 4.18 Å². The lowest BCUT2D eigenvalue weighted by atomic mass is 10.4. The molecule has 0 aliphatic carbocycles. The first kappa shape index (κ1) is 10.5. The fraction of sp³-hybridized carbons (Fsp3) is 0.857. The lowest BCUT2D eigenvalue weighted by molar-refractivity contribution is -0.133. The van der Waals surface area contributed by atoms with Gasteiger partial charge in [-0.2, -0.15) is 8.42 Å². The monoisotopic (exact) mass is 207 g/mol. The van der Waals surface area contributed by atoms with Gasteiger partial charge in [-0.25, -0.2) is 4.18 Å². The second kappa shape index (κ2) is 3.63. The van der Waals surface area contributed by atoms with Crippen LogP contribution in [0.15, 0.2) is 0 Å². The van der Waals surface area contributed by atoms with Crippen molar-refractivity contribution in [1.29, 1.82) is 0 Å². The zero-order chi connectivity index (χ0) is 10.1. The number of carbonyl (C=O) groups is 1. The van der Waals surface area contributed by atoms with Crippen LogP contribution in [-0.4, -0.2) is 38.3 Å². The molecule has 0 saturated carbocycles. The van der Waals surface area contributed by atoms with E-state index in [1.807, 2.05) is 0 Å². The highest BCUT2D eigenvalue weighted by Gasteiger charge is 2.27. The number of likely N-dealkylation sites (tertiary alicyclic amines) is 1. The number of nitrogens with zero attached hydrogens (tertiary/aromatic N) is 1. The van der Waals surface area contributed by atoms with Crippen LogP contribution in [0.25, 0.3) is 0 Å². The van der Waals surface area contributed by atoms with Gasteiger partial charge in [0.2, 0.25) is 5.91 Å². The second-order valence-electron chi connectivity index (χ2n) is 3.09. The number of rotatable bonds is 3. The maximum Gasteiger partial charge on any atom is 0.266 e. The van der Waals surface area contributed by atoms with E-state index < -0.39 is 16.3 Å². The number of amides is 1. The van der Waals surface area contributed by atoms with Gasteiger partial charge in [-0.15, -0.1) is 0 Å². The summed E-state index contributed by atoms with van der Waals surface area (Å²) in [6.07, 6.45) is 1.56. The van der Waals surface area contributed by atoms with E-state index in [0.29, 0.717) is 13.0 Å². The Kier molecular flexibility index (Phi) is 2.92. The van der Waals surface area contributed by atoms with Crippen LogP contribution in [0.3, 0.4) is 0 Å². The molecule has 1 saturated heterocycles. The van der Waals surface area contributed by atoms with Crippen LogP contribution in [0.4, 0.5) is 0 Å². The van der Waals surface area contributed by atoms with Crippen LogP contribution in [0.5, 0.6) is 0 Å². The third-order valence-corrected chi connectivity index (χ3v) is 2.49. The van der Waals surface area contributed by atoms with Crippen molar-refractivity contribution in [2.45, 2.75) is 26.0 Å². The molecule has 1 unspecified atom stereocenters. The van der Waals surface area contributed by atoms with Crippen molar-refractivity contribution in [2.75, 3.05) is 12.8 Å². The average molecular weight is 207 g/mol. The summed E-state index contributed by atoms with van der Waals surface area (Å²) in [5.74, 6) is -0.0452. The minimum Gasteiger partial charge on any atom is -0.316 e. The topological polar surface area (TPSA) is 63.7 Å². The molecule has 0 N–H and O–H groups in total. The SMILES string of the molecule is CC(OS(C)(=O)=O)N1CCCC1=O. The number of hydrogen-bond donors (Lipinski definition) is 0. The summed E-state index contributed by atoms with van der Waals surface area (Å²) in [4.78, 5) is 12.6. The average Bonchev–Trinajstić information content (AvgIpc) is 2.30. The van der Waals surface area contributed by atoms with Crippen molar-refractivity contribution in [3.05, 3.63) is 0 Å². The molecule has 1 amide bonds. The Morgan fingerprint density at radius 3 is 2.54 bits per heavy atom. The van der Waals surface area contributed by atoms with Crippen LogP contribution >= 0.6 is 0 Å². The highest BCUT2D eigenvalue weighted by molar-refractivity contribution is 7.86. The predicted octanol–water partition coefficient (Wildman–Crippen LogP) is -0.0690. The number of hydrogen-bond acceptors (Lipinski definition) is 4. The standard InChI is InChI=1S/C7H13NO4S/c1-6(12-13(2,10)11)8-5-3-4-7(8)9/h6H,3-5H2,1-2H3. The van der Waals surface area contributed by atoms with Gasteiger partial charge in [-0.05, 0) is 13.3 Å². The fourth-order valence-electron chi connectivity index (χ4n) is 1.36. The highest BCUT2D eigenvalue weighted by atomic mass is 32.2. The molecule has 5 nitrogen and oxygen atoms in total. The first-order valence-electron chi connectivity index (χ1n) is 4.08. The van der Waals surface area contributed by atoms with Crippen molar-refractivity contribution in [3.63, 3.8) is 0 Å². The summed E-state index contributed by atoms with van der Waals surface area (Å²) >= 11 is 0. The zero-order valence-corrected chi connectivity index (χ0v) is 8.50. The molecule has 1 heterocycles. The van der Waals surface area contributed by atoms with Crippen molar-refractivity contribution < 1.29 is 17.4 Å². The molecular formula is C7H13NO4S. The molecular weight excluding hydrogens is 194 g/mol. The minimum atomic E-state index is -3.48. The molecule has 1 rings (SSSR count). The summed E-state index contributed by atoms with van der Waals surface area (Å²) in [7, 11) is -3.48. The Hall–Kier alpha value is -0.620. The van der Waals surface area contributed by atoms with Gasteiger partial charge in [-0.1, -0.05) is 0 Å². The molecule has 1 atom stereocenters. The maximum atomic E-state index is 11.2. The highest BCUT2D eigenvalue weighted by Crippen LogP contribution is 2.14. The third kappa shape index (κ3) is 2.96. The third-order valence-electron chi connectivity index (χ3n) is 1.86. The van der Waals surface area contributed by atoms with Crippen LogP contribution < -0.4 is 0 Å². The summed E-state index contributed by atoms with van der Waals surface area (Å²) in [6.45, 7) is 2.14. The van der Waals surface area contributed by atoms with Gasteiger partial charge in [0.05, 0.1) is 6.26 Å². The van der Waals surface area contributed by atoms with Gasteiger partial charge < -0.3 is 4.90 Å². The lowest BCUT2D eigenvalue weighted by Crippen LogP contribution is -2.37. The molecule has 6 heteroatoms. The van der Waals surface area contributed by atoms with Crippen molar-refractivity contribution in [3.8, 4) is 0 Å². The number of carbonyl (C=O) groups excluding carboxylic acids is 1. The van der Waals surface area contributed by atoms with Gasteiger partial charge in [-0.3, -0.25) is 4.79 Å². The first-order chi connectivity index (χ1) is 5.90. The molecule has 76 valence electrons. The van der Waals surface area contributed by atoms with Crippen LogP contribution in [0.2, 0.25) is 0 Å². The molecule has 0 aromatic heterocycles. The van der Waals surface area contributed by atoms with E-state index >= 15 is 0 Å². The van der Waals surface area contributed by atoms with Gasteiger partial charge in [0.25, 0.3) is 10.1 Å². The van der Waals surface area contributed by atoms with Crippen LogP contribution in [-0.2, 0) is 19.1 Å². The maximum absolute atomic E-state index is 11.2. The molecule has 1 fully saturated rings. The van der Waals surface area contributed by atoms with E-state index in [-0.39, 0.29) is 5.91 Å². The summed E-state index contributed by atoms with van der Waals surface area (Å²) in [5, 5.41) is 0. The van der Waals surface area contributed by atoms with E-state index in [4.69, 9.17) is 0 Å². The van der Waals surface area contributed by atoms with Crippen molar-refractivity contribution in [1.82, 2.24) is 4.90 Å². The van der Waals surface area contributed by atoms with Gasteiger partial charge in [0.1, 0.15) is 6.23 Å². The van der Waals surface area contributed by atoms with Gasteiger partial charge >= 0.3 is 0 Å². The molecule has 1 aliphatic heterocycles. The lowest BCUT2D eigenvalue weighted by Gasteiger charge is -2.22. The van der Waals surface area contributed by atoms with Gasteiger partial charge in [0, 0.05) is 13.0 Å². The molecule has 0 aromatic carbocycles. The van der Waals surface area contributed by atoms with E-state index in [9.17, 15) is 13.2 Å². The van der Waals surface area contributed by atoms with Gasteiger partial charge in [0.15, 0.2) is 0 Å². The van der Waals surface area contributed by atoms with Crippen LogP contribution in [0.1, 0.15) is 19.8 Å². The quantitative estimate of drug-likeness (QED) is 0.608. The molecule has 13 heavy (non-hydrogen) atoms. The molecule has 0 aromatic rings. The Bertz CT molecular complexity index is 298. The predicted molar refractivity (Wildman–Crippen MR) is 46.3 cm³/mol. The van der Waals surface area contributed by atoms with Crippen molar-refractivity contribution >= 4 is 16.0 Å². The fourth-order valence-corrected chi connectivity index (χ4v) is 1.97. The zero-order valence-electron chi connectivity index (χ0n) is 7.69. The minimum absolute atomic E-state index is 0.0452. The Balaban J connectivity index is 2.57. The molecule has 1 aliphatic rings. The Morgan fingerprint density at radius 2 is 2.15 bits per heavy atom. The second-order valence-corrected chi connectivity index (χ2v) is 4.69. The smallest absolute Gasteiger partial charge is 0.266 e. The Labute approximate surface area is 77.8 Å². The molecule has 0 radical (unpaired) electrons. The summed E-state index contributed by atoms with van der Waals surface area (Å²) < 4.78 is 26.2.